The summed E-state index contributed by atoms with van der Waals surface area (Å²) in [6.07, 6.45) is 0. The van der Waals surface area contributed by atoms with Crippen LogP contribution in [0, 0.1) is 0 Å². The largest absolute Gasteiger partial charge is 0.503 e. The van der Waals surface area contributed by atoms with Gasteiger partial charge in [-0.15, -0.1) is 0 Å². The number of aliphatic hydroxyl groups excluding tert-OH is 1. The lowest BCUT2D eigenvalue weighted by atomic mass is 9.96. The molecule has 2 rings (SSSR count). The Morgan fingerprint density at radius 2 is 1.88 bits per heavy atom. The van der Waals surface area contributed by atoms with Gasteiger partial charge in [-0.1, -0.05) is 6.07 Å². The average Bonchev–Trinajstić information content (AvgIpc) is 2.83. The maximum absolute atomic E-state index is 12.5. The van der Waals surface area contributed by atoms with Crippen LogP contribution >= 0.6 is 0 Å². The smallest absolute Gasteiger partial charge is 0.290 e. The van der Waals surface area contributed by atoms with Crippen LogP contribution in [0.2, 0.25) is 0 Å². The van der Waals surface area contributed by atoms with E-state index >= 15 is 0 Å². The molecule has 7 nitrogen and oxygen atoms in total. The van der Waals surface area contributed by atoms with Crippen molar-refractivity contribution in [3.8, 4) is 11.5 Å². The zero-order chi connectivity index (χ0) is 18.7. The fourth-order valence-corrected chi connectivity index (χ4v) is 2.92. The van der Waals surface area contributed by atoms with Crippen molar-refractivity contribution >= 4 is 11.7 Å². The van der Waals surface area contributed by atoms with Crippen molar-refractivity contribution in [2.45, 2.75) is 13.0 Å². The molecule has 1 aliphatic heterocycles. The first-order valence-corrected chi connectivity index (χ1v) is 7.93. The van der Waals surface area contributed by atoms with E-state index in [1.165, 1.54) is 26.0 Å². The molecule has 0 saturated heterocycles. The first-order chi connectivity index (χ1) is 11.8. The van der Waals surface area contributed by atoms with Crippen LogP contribution < -0.4 is 9.47 Å². The molecule has 1 N–H and O–H groups in total. The molecule has 1 aliphatic rings. The molecule has 0 bridgehead atoms. The van der Waals surface area contributed by atoms with E-state index in [4.69, 9.17) is 9.47 Å². The SMILES string of the molecule is COc1ccc(C2C(C(C)=O)=C(O)C(=O)N2CCN(C)C)cc1OC. The van der Waals surface area contributed by atoms with Crippen LogP contribution in [0.4, 0.5) is 0 Å². The fourth-order valence-electron chi connectivity index (χ4n) is 2.92. The number of nitrogens with zero attached hydrogens (tertiary/aromatic N) is 2. The second-order valence-electron chi connectivity index (χ2n) is 6.14. The number of rotatable bonds is 7. The Balaban J connectivity index is 2.51. The van der Waals surface area contributed by atoms with Crippen molar-refractivity contribution in [2.24, 2.45) is 0 Å². The first-order valence-electron chi connectivity index (χ1n) is 7.93. The summed E-state index contributed by atoms with van der Waals surface area (Å²) in [5.41, 5.74) is 0.787. The van der Waals surface area contributed by atoms with Gasteiger partial charge in [0, 0.05) is 13.1 Å². The highest BCUT2D eigenvalue weighted by molar-refractivity contribution is 6.08. The average molecular weight is 348 g/mol. The summed E-state index contributed by atoms with van der Waals surface area (Å²) in [5, 5.41) is 10.2. The number of hydrogen-bond acceptors (Lipinski definition) is 6. The molecule has 1 atom stereocenters. The minimum Gasteiger partial charge on any atom is -0.503 e. The Bertz CT molecular complexity index is 711. The highest BCUT2D eigenvalue weighted by Crippen LogP contribution is 2.40. The third kappa shape index (κ3) is 3.61. The number of ether oxygens (including phenoxy) is 2. The second kappa shape index (κ2) is 7.57. The van der Waals surface area contributed by atoms with E-state index in [0.29, 0.717) is 30.2 Å². The summed E-state index contributed by atoms with van der Waals surface area (Å²) in [6, 6.07) is 4.56. The molecule has 1 unspecified atom stereocenters. The quantitative estimate of drug-likeness (QED) is 0.805. The molecule has 1 aromatic rings. The number of carbonyl (C=O) groups excluding carboxylic acids is 2. The number of amides is 1. The van der Waals surface area contributed by atoms with Gasteiger partial charge in [0.25, 0.3) is 5.91 Å². The summed E-state index contributed by atoms with van der Waals surface area (Å²) >= 11 is 0. The zero-order valence-corrected chi connectivity index (χ0v) is 15.2. The molecule has 0 saturated carbocycles. The topological polar surface area (TPSA) is 79.3 Å². The predicted molar refractivity (Wildman–Crippen MR) is 92.9 cm³/mol. The van der Waals surface area contributed by atoms with Gasteiger partial charge < -0.3 is 24.4 Å². The van der Waals surface area contributed by atoms with Crippen molar-refractivity contribution in [1.29, 1.82) is 0 Å². The molecule has 1 aromatic carbocycles. The van der Waals surface area contributed by atoms with E-state index in [1.54, 1.807) is 18.2 Å². The molecule has 0 aromatic heterocycles. The van der Waals surface area contributed by atoms with E-state index in [9.17, 15) is 14.7 Å². The van der Waals surface area contributed by atoms with Gasteiger partial charge in [-0.3, -0.25) is 9.59 Å². The molecule has 7 heteroatoms. The Morgan fingerprint density at radius 1 is 1.24 bits per heavy atom. The van der Waals surface area contributed by atoms with E-state index in [1.807, 2.05) is 19.0 Å². The number of hydrogen-bond donors (Lipinski definition) is 1. The molecular formula is C18H24N2O5. The number of carbonyl (C=O) groups is 2. The van der Waals surface area contributed by atoms with Crippen LogP contribution in [0.3, 0.4) is 0 Å². The number of methoxy groups -OCH3 is 2. The number of likely N-dealkylation sites (N-methyl/N-ethyl adjacent to an activating group) is 1. The van der Waals surface area contributed by atoms with Gasteiger partial charge in [-0.25, -0.2) is 0 Å². The number of Topliss-reactive ketones (excluding diaryl/α,β-unsaturated/α-hetero) is 1. The summed E-state index contributed by atoms with van der Waals surface area (Å²) in [6.45, 7) is 2.34. The predicted octanol–water partition coefficient (Wildman–Crippen LogP) is 1.55. The van der Waals surface area contributed by atoms with Crippen LogP contribution in [0.1, 0.15) is 18.5 Å². The lowest BCUT2D eigenvalue weighted by molar-refractivity contribution is -0.129. The zero-order valence-electron chi connectivity index (χ0n) is 15.2. The maximum Gasteiger partial charge on any atom is 0.290 e. The minimum absolute atomic E-state index is 0.107. The molecule has 136 valence electrons. The van der Waals surface area contributed by atoms with Gasteiger partial charge in [-0.2, -0.15) is 0 Å². The maximum atomic E-state index is 12.5. The highest BCUT2D eigenvalue weighted by Gasteiger charge is 2.42. The lowest BCUT2D eigenvalue weighted by Gasteiger charge is -2.28. The Kier molecular flexibility index (Phi) is 5.69. The molecule has 1 heterocycles. The molecule has 25 heavy (non-hydrogen) atoms. The van der Waals surface area contributed by atoms with Crippen LogP contribution in [0.25, 0.3) is 0 Å². The molecule has 1 amide bonds. The normalized spacial score (nSPS) is 17.4. The number of aliphatic hydroxyl groups is 1. The van der Waals surface area contributed by atoms with E-state index in [2.05, 4.69) is 0 Å². The van der Waals surface area contributed by atoms with Crippen molar-refractivity contribution < 1.29 is 24.2 Å². The molecular weight excluding hydrogens is 324 g/mol. The third-order valence-corrected chi connectivity index (χ3v) is 4.19. The molecule has 0 spiro atoms. The third-order valence-electron chi connectivity index (χ3n) is 4.19. The minimum atomic E-state index is -0.648. The monoisotopic (exact) mass is 348 g/mol. The Hall–Kier alpha value is -2.54. The number of ketones is 1. The summed E-state index contributed by atoms with van der Waals surface area (Å²) in [7, 11) is 6.84. The second-order valence-corrected chi connectivity index (χ2v) is 6.14. The van der Waals surface area contributed by atoms with Gasteiger partial charge in [0.2, 0.25) is 0 Å². The molecule has 0 aliphatic carbocycles. The van der Waals surface area contributed by atoms with Crippen LogP contribution in [0.5, 0.6) is 11.5 Å². The summed E-state index contributed by atoms with van der Waals surface area (Å²) in [4.78, 5) is 28.0. The van der Waals surface area contributed by atoms with Gasteiger partial charge in [0.05, 0.1) is 25.8 Å². The van der Waals surface area contributed by atoms with Gasteiger partial charge in [-0.05, 0) is 38.7 Å². The van der Waals surface area contributed by atoms with Gasteiger partial charge >= 0.3 is 0 Å². The van der Waals surface area contributed by atoms with Crippen molar-refractivity contribution in [3.05, 3.63) is 35.1 Å². The van der Waals surface area contributed by atoms with E-state index < -0.39 is 17.7 Å². The molecule has 0 radical (unpaired) electrons. The van der Waals surface area contributed by atoms with Crippen LogP contribution in [0.15, 0.2) is 29.5 Å². The first kappa shape index (κ1) is 18.8. The summed E-state index contributed by atoms with van der Waals surface area (Å²) < 4.78 is 10.6. The van der Waals surface area contributed by atoms with Crippen LogP contribution in [-0.4, -0.2) is 68.0 Å². The Labute approximate surface area is 147 Å². The molecule has 0 fully saturated rings. The summed E-state index contributed by atoms with van der Waals surface area (Å²) in [5.74, 6) is -0.307. The fraction of sp³-hybridized carbons (Fsp3) is 0.444. The van der Waals surface area contributed by atoms with Gasteiger partial charge in [0.1, 0.15) is 0 Å². The van der Waals surface area contributed by atoms with Crippen LogP contribution in [-0.2, 0) is 9.59 Å². The van der Waals surface area contributed by atoms with Gasteiger partial charge in [0.15, 0.2) is 23.0 Å². The Morgan fingerprint density at radius 3 is 2.40 bits per heavy atom. The highest BCUT2D eigenvalue weighted by atomic mass is 16.5. The standard InChI is InChI=1S/C18H24N2O5/c1-11(21)15-16(12-6-7-13(24-4)14(10-12)25-5)20(9-8-19(2)3)18(23)17(15)22/h6-7,10,16,22H,8-9H2,1-5H3. The van der Waals surface area contributed by atoms with E-state index in [-0.39, 0.29) is 11.4 Å². The van der Waals surface area contributed by atoms with E-state index in [0.717, 1.165) is 0 Å². The van der Waals surface area contributed by atoms with Crippen molar-refractivity contribution in [2.75, 3.05) is 41.4 Å². The van der Waals surface area contributed by atoms with Crippen molar-refractivity contribution in [1.82, 2.24) is 9.80 Å². The number of benzene rings is 1. The lowest BCUT2D eigenvalue weighted by Crippen LogP contribution is -2.36. The van der Waals surface area contributed by atoms with Crippen molar-refractivity contribution in [3.63, 3.8) is 0 Å².